The average Bonchev–Trinajstić information content (AvgIpc) is 3.45. The molecule has 2 aromatic rings. The second-order valence-corrected chi connectivity index (χ2v) is 8.42. The predicted octanol–water partition coefficient (Wildman–Crippen LogP) is 3.83. The molecule has 1 saturated carbocycles. The molecule has 0 amide bonds. The number of likely N-dealkylation sites (tertiary alicyclic amines) is 1. The van der Waals surface area contributed by atoms with Gasteiger partial charge in [0.15, 0.2) is 11.8 Å². The smallest absolute Gasteiger partial charge is 0.194 e. The minimum Gasteiger partial charge on any atom is -0.353 e. The van der Waals surface area contributed by atoms with Crippen LogP contribution in [0.3, 0.4) is 0 Å². The van der Waals surface area contributed by atoms with Gasteiger partial charge in [-0.3, -0.25) is 0 Å². The first-order valence-electron chi connectivity index (χ1n) is 10.7. The Labute approximate surface area is 195 Å². The van der Waals surface area contributed by atoms with Gasteiger partial charge in [-0.2, -0.15) is 0 Å². The Morgan fingerprint density at radius 2 is 1.90 bits per heavy atom. The molecule has 4 rings (SSSR count). The van der Waals surface area contributed by atoms with E-state index >= 15 is 0 Å². The van der Waals surface area contributed by atoms with Gasteiger partial charge in [-0.1, -0.05) is 25.0 Å². The monoisotopic (exact) mass is 526 g/mol. The summed E-state index contributed by atoms with van der Waals surface area (Å²) in [6, 6.07) is 7.44. The van der Waals surface area contributed by atoms with Crippen molar-refractivity contribution in [2.45, 2.75) is 58.0 Å². The van der Waals surface area contributed by atoms with Gasteiger partial charge < -0.3 is 14.8 Å². The minimum atomic E-state index is -0.170. The molecule has 30 heavy (non-hydrogen) atoms. The van der Waals surface area contributed by atoms with Crippen molar-refractivity contribution in [2.75, 3.05) is 13.1 Å². The zero-order valence-corrected chi connectivity index (χ0v) is 20.2. The molecule has 2 aliphatic rings. The summed E-state index contributed by atoms with van der Waals surface area (Å²) in [5.74, 6) is 3.18. The summed E-state index contributed by atoms with van der Waals surface area (Å²) >= 11 is 0. The molecule has 164 valence electrons. The van der Waals surface area contributed by atoms with Gasteiger partial charge in [0.2, 0.25) is 0 Å². The summed E-state index contributed by atoms with van der Waals surface area (Å²) in [6.45, 7) is 4.47. The van der Waals surface area contributed by atoms with Crippen LogP contribution in [0.2, 0.25) is 0 Å². The number of benzene rings is 1. The van der Waals surface area contributed by atoms with Gasteiger partial charge in [0.05, 0.1) is 0 Å². The van der Waals surface area contributed by atoms with Crippen molar-refractivity contribution < 1.29 is 4.39 Å². The number of nitrogens with zero attached hydrogens (tertiary/aromatic N) is 5. The zero-order chi connectivity index (χ0) is 20.2. The summed E-state index contributed by atoms with van der Waals surface area (Å²) in [5.41, 5.74) is 1.20. The number of halogens is 2. The van der Waals surface area contributed by atoms with E-state index in [1.807, 2.05) is 30.7 Å². The Morgan fingerprint density at radius 1 is 1.17 bits per heavy atom. The molecule has 0 spiro atoms. The van der Waals surface area contributed by atoms with Crippen molar-refractivity contribution in [1.82, 2.24) is 25.0 Å². The Kier molecular flexibility index (Phi) is 8.07. The van der Waals surface area contributed by atoms with Crippen LogP contribution in [0.15, 0.2) is 29.3 Å². The maximum atomic E-state index is 13.2. The number of nitrogens with one attached hydrogen (secondary N) is 1. The Morgan fingerprint density at radius 3 is 2.57 bits per heavy atom. The predicted molar refractivity (Wildman–Crippen MR) is 127 cm³/mol. The lowest BCUT2D eigenvalue weighted by Crippen LogP contribution is -2.44. The van der Waals surface area contributed by atoms with E-state index in [0.717, 1.165) is 43.5 Å². The van der Waals surface area contributed by atoms with E-state index in [1.54, 1.807) is 12.1 Å². The molecule has 0 radical (unpaired) electrons. The number of guanidine groups is 1. The highest BCUT2D eigenvalue weighted by Crippen LogP contribution is 2.23. The quantitative estimate of drug-likeness (QED) is 0.366. The van der Waals surface area contributed by atoms with Gasteiger partial charge in [-0.15, -0.1) is 34.2 Å². The van der Waals surface area contributed by atoms with E-state index in [1.165, 1.54) is 31.2 Å². The third kappa shape index (κ3) is 5.70. The van der Waals surface area contributed by atoms with E-state index in [4.69, 9.17) is 4.99 Å². The third-order valence-electron chi connectivity index (χ3n) is 6.26. The van der Waals surface area contributed by atoms with Crippen LogP contribution in [0.5, 0.6) is 0 Å². The highest BCUT2D eigenvalue weighted by Gasteiger charge is 2.27. The van der Waals surface area contributed by atoms with E-state index in [0.29, 0.717) is 18.5 Å². The van der Waals surface area contributed by atoms with Crippen LogP contribution < -0.4 is 5.32 Å². The third-order valence-corrected chi connectivity index (χ3v) is 6.26. The van der Waals surface area contributed by atoms with Crippen LogP contribution in [0.1, 0.15) is 49.3 Å². The lowest BCUT2D eigenvalue weighted by molar-refractivity contribution is 0.444. The van der Waals surface area contributed by atoms with Crippen molar-refractivity contribution in [1.29, 1.82) is 0 Å². The van der Waals surface area contributed by atoms with Crippen molar-refractivity contribution in [3.8, 4) is 0 Å². The number of aliphatic imine (C=N–C) groups is 1. The maximum absolute atomic E-state index is 13.2. The average molecular weight is 526 g/mol. The highest BCUT2D eigenvalue weighted by atomic mass is 127. The van der Waals surface area contributed by atoms with Crippen LogP contribution in [0.25, 0.3) is 0 Å². The molecular formula is C22H32FIN6. The molecule has 1 aromatic carbocycles. The van der Waals surface area contributed by atoms with Crippen LogP contribution >= 0.6 is 24.0 Å². The molecule has 1 aliphatic heterocycles. The molecule has 1 unspecified atom stereocenters. The van der Waals surface area contributed by atoms with Gasteiger partial charge in [-0.05, 0) is 56.2 Å². The van der Waals surface area contributed by atoms with Gasteiger partial charge in [-0.25, -0.2) is 9.38 Å². The van der Waals surface area contributed by atoms with Crippen molar-refractivity contribution in [3.63, 3.8) is 0 Å². The first-order chi connectivity index (χ1) is 14.1. The fourth-order valence-corrected chi connectivity index (χ4v) is 4.37. The summed E-state index contributed by atoms with van der Waals surface area (Å²) in [5, 5.41) is 12.1. The fourth-order valence-electron chi connectivity index (χ4n) is 4.37. The highest BCUT2D eigenvalue weighted by molar-refractivity contribution is 14.0. The molecule has 0 bridgehead atoms. The second kappa shape index (κ2) is 10.5. The Hall–Kier alpha value is -1.71. The van der Waals surface area contributed by atoms with Crippen LogP contribution in [-0.2, 0) is 20.0 Å². The van der Waals surface area contributed by atoms with Crippen LogP contribution in [0.4, 0.5) is 4.39 Å². The summed E-state index contributed by atoms with van der Waals surface area (Å²) in [7, 11) is 1.98. The minimum absolute atomic E-state index is 0. The van der Waals surface area contributed by atoms with Crippen molar-refractivity contribution in [3.05, 3.63) is 47.3 Å². The van der Waals surface area contributed by atoms with Crippen molar-refractivity contribution >= 4 is 29.9 Å². The first-order valence-corrected chi connectivity index (χ1v) is 10.7. The molecule has 1 atom stereocenters. The SMILES string of the molecule is Cc1nnc(CN=C(NC2CCCC2)N2CCC(Cc3ccc(F)cc3)C2)n1C.I. The second-order valence-electron chi connectivity index (χ2n) is 8.42. The number of aryl methyl sites for hydroxylation is 1. The lowest BCUT2D eigenvalue weighted by atomic mass is 9.99. The van der Waals surface area contributed by atoms with E-state index in [2.05, 4.69) is 20.4 Å². The first kappa shape index (κ1) is 23.0. The molecule has 1 aromatic heterocycles. The summed E-state index contributed by atoms with van der Waals surface area (Å²) in [6.07, 6.45) is 7.13. The standard InChI is InChI=1S/C22H31FN6.HI/c1-16-26-27-21(28(16)2)14-24-22(25-20-5-3-4-6-20)29-12-11-18(15-29)13-17-7-9-19(23)10-8-17;/h7-10,18,20H,3-6,11-15H2,1-2H3,(H,24,25);1H. The molecule has 1 N–H and O–H groups in total. The molecule has 1 saturated heterocycles. The Bertz CT molecular complexity index is 844. The largest absolute Gasteiger partial charge is 0.353 e. The number of rotatable bonds is 5. The van der Waals surface area contributed by atoms with E-state index in [9.17, 15) is 4.39 Å². The Balaban J connectivity index is 0.00000256. The van der Waals surface area contributed by atoms with E-state index < -0.39 is 0 Å². The van der Waals surface area contributed by atoms with E-state index in [-0.39, 0.29) is 29.8 Å². The van der Waals surface area contributed by atoms with Crippen molar-refractivity contribution in [2.24, 2.45) is 18.0 Å². The molecule has 2 fully saturated rings. The van der Waals surface area contributed by atoms with Crippen LogP contribution in [0, 0.1) is 18.7 Å². The van der Waals surface area contributed by atoms with Gasteiger partial charge in [0.25, 0.3) is 0 Å². The van der Waals surface area contributed by atoms with Gasteiger partial charge >= 0.3 is 0 Å². The number of hydrogen-bond donors (Lipinski definition) is 1. The van der Waals surface area contributed by atoms with Crippen LogP contribution in [-0.4, -0.2) is 44.8 Å². The number of aromatic nitrogens is 3. The lowest BCUT2D eigenvalue weighted by Gasteiger charge is -2.25. The zero-order valence-electron chi connectivity index (χ0n) is 17.9. The normalized spacial score (nSPS) is 19.9. The molecule has 8 heteroatoms. The molecular weight excluding hydrogens is 494 g/mol. The maximum Gasteiger partial charge on any atom is 0.194 e. The molecule has 2 heterocycles. The topological polar surface area (TPSA) is 58.3 Å². The summed E-state index contributed by atoms with van der Waals surface area (Å²) in [4.78, 5) is 7.31. The molecule has 6 nitrogen and oxygen atoms in total. The van der Waals surface area contributed by atoms with Gasteiger partial charge in [0, 0.05) is 26.2 Å². The van der Waals surface area contributed by atoms with Gasteiger partial charge in [0.1, 0.15) is 18.2 Å². The molecule has 1 aliphatic carbocycles. The summed E-state index contributed by atoms with van der Waals surface area (Å²) < 4.78 is 15.2. The fraction of sp³-hybridized carbons (Fsp3) is 0.591. The number of hydrogen-bond acceptors (Lipinski definition) is 3.